The number of hydrogen-bond donors (Lipinski definition) is 1. The van der Waals surface area contributed by atoms with Crippen molar-refractivity contribution in [3.63, 3.8) is 0 Å². The molecule has 72 valence electrons. The molecule has 1 unspecified atom stereocenters. The van der Waals surface area contributed by atoms with E-state index in [1.165, 1.54) is 19.5 Å². The van der Waals surface area contributed by atoms with E-state index in [1.54, 1.807) is 7.11 Å². The van der Waals surface area contributed by atoms with E-state index in [4.69, 9.17) is 4.74 Å². The van der Waals surface area contributed by atoms with Crippen LogP contribution in [0.5, 0.6) is 0 Å². The third kappa shape index (κ3) is 2.73. The highest BCUT2D eigenvalue weighted by Crippen LogP contribution is 2.05. The van der Waals surface area contributed by atoms with Crippen LogP contribution >= 0.6 is 0 Å². The SMILES string of the molecule is CCC(COC)N1CCNCC1. The van der Waals surface area contributed by atoms with E-state index in [0.29, 0.717) is 6.04 Å². The summed E-state index contributed by atoms with van der Waals surface area (Å²) in [6.07, 6.45) is 1.19. The van der Waals surface area contributed by atoms with Crippen molar-refractivity contribution in [3.8, 4) is 0 Å². The molecule has 1 aliphatic rings. The molecule has 1 rings (SSSR count). The highest BCUT2D eigenvalue weighted by Gasteiger charge is 2.17. The Morgan fingerprint density at radius 3 is 2.58 bits per heavy atom. The van der Waals surface area contributed by atoms with Crippen LogP contribution in [0.4, 0.5) is 0 Å². The maximum atomic E-state index is 5.19. The zero-order valence-electron chi connectivity index (χ0n) is 8.18. The highest BCUT2D eigenvalue weighted by molar-refractivity contribution is 4.75. The first-order valence-electron chi connectivity index (χ1n) is 4.82. The molecule has 0 aromatic carbocycles. The number of hydrogen-bond acceptors (Lipinski definition) is 3. The van der Waals surface area contributed by atoms with Crippen molar-refractivity contribution in [3.05, 3.63) is 0 Å². The van der Waals surface area contributed by atoms with Gasteiger partial charge < -0.3 is 10.1 Å². The predicted molar refractivity (Wildman–Crippen MR) is 50.4 cm³/mol. The van der Waals surface area contributed by atoms with E-state index in [1.807, 2.05) is 0 Å². The zero-order chi connectivity index (χ0) is 8.81. The molecule has 0 amide bonds. The average Bonchev–Trinajstić information content (AvgIpc) is 2.15. The first kappa shape index (κ1) is 9.96. The minimum atomic E-state index is 0.622. The fraction of sp³-hybridized carbons (Fsp3) is 1.00. The second kappa shape index (κ2) is 5.51. The third-order valence-corrected chi connectivity index (χ3v) is 2.50. The van der Waals surface area contributed by atoms with Gasteiger partial charge in [-0.25, -0.2) is 0 Å². The van der Waals surface area contributed by atoms with E-state index in [2.05, 4.69) is 17.1 Å². The summed E-state index contributed by atoms with van der Waals surface area (Å²) in [5.74, 6) is 0. The summed E-state index contributed by atoms with van der Waals surface area (Å²) in [5, 5.41) is 3.35. The van der Waals surface area contributed by atoms with Crippen molar-refractivity contribution >= 4 is 0 Å². The van der Waals surface area contributed by atoms with Gasteiger partial charge in [-0.2, -0.15) is 0 Å². The summed E-state index contributed by atoms with van der Waals surface area (Å²) >= 11 is 0. The standard InChI is InChI=1S/C9H20N2O/c1-3-9(8-12-2)11-6-4-10-5-7-11/h9-10H,3-8H2,1-2H3. The lowest BCUT2D eigenvalue weighted by atomic mass is 10.2. The summed E-state index contributed by atoms with van der Waals surface area (Å²) in [5.41, 5.74) is 0. The predicted octanol–water partition coefficient (Wildman–Crippen LogP) is 0.317. The first-order valence-corrected chi connectivity index (χ1v) is 4.82. The Morgan fingerprint density at radius 2 is 2.08 bits per heavy atom. The maximum absolute atomic E-state index is 5.19. The van der Waals surface area contributed by atoms with E-state index in [-0.39, 0.29) is 0 Å². The van der Waals surface area contributed by atoms with Gasteiger partial charge in [-0.15, -0.1) is 0 Å². The Balaban J connectivity index is 2.29. The van der Waals surface area contributed by atoms with Crippen molar-refractivity contribution in [2.24, 2.45) is 0 Å². The van der Waals surface area contributed by atoms with Gasteiger partial charge in [0.05, 0.1) is 6.61 Å². The second-order valence-corrected chi connectivity index (χ2v) is 3.30. The molecule has 0 aliphatic carbocycles. The Kier molecular flexibility index (Phi) is 4.58. The average molecular weight is 172 g/mol. The Hall–Kier alpha value is -0.120. The molecule has 3 heteroatoms. The van der Waals surface area contributed by atoms with Gasteiger partial charge in [0.1, 0.15) is 0 Å². The van der Waals surface area contributed by atoms with Crippen LogP contribution in [0.1, 0.15) is 13.3 Å². The van der Waals surface area contributed by atoms with Crippen LogP contribution in [0, 0.1) is 0 Å². The number of nitrogens with zero attached hydrogens (tertiary/aromatic N) is 1. The van der Waals surface area contributed by atoms with E-state index < -0.39 is 0 Å². The van der Waals surface area contributed by atoms with Crippen molar-refractivity contribution in [2.75, 3.05) is 39.9 Å². The van der Waals surface area contributed by atoms with Crippen LogP contribution in [0.25, 0.3) is 0 Å². The van der Waals surface area contributed by atoms with Gasteiger partial charge in [0.2, 0.25) is 0 Å². The summed E-state index contributed by atoms with van der Waals surface area (Å²) < 4.78 is 5.19. The van der Waals surface area contributed by atoms with E-state index >= 15 is 0 Å². The lowest BCUT2D eigenvalue weighted by Gasteiger charge is -2.33. The number of nitrogens with one attached hydrogen (secondary N) is 1. The van der Waals surface area contributed by atoms with Gasteiger partial charge in [-0.05, 0) is 6.42 Å². The minimum absolute atomic E-state index is 0.622. The molecule has 3 nitrogen and oxygen atoms in total. The van der Waals surface area contributed by atoms with Crippen molar-refractivity contribution in [1.82, 2.24) is 10.2 Å². The molecule has 0 radical (unpaired) electrons. The first-order chi connectivity index (χ1) is 5.88. The van der Waals surface area contributed by atoms with Gasteiger partial charge in [0.25, 0.3) is 0 Å². The van der Waals surface area contributed by atoms with Crippen LogP contribution in [0.2, 0.25) is 0 Å². The second-order valence-electron chi connectivity index (χ2n) is 3.30. The summed E-state index contributed by atoms with van der Waals surface area (Å²) in [7, 11) is 1.78. The molecule has 1 heterocycles. The monoisotopic (exact) mass is 172 g/mol. The number of piperazine rings is 1. The van der Waals surface area contributed by atoms with Gasteiger partial charge in [-0.1, -0.05) is 6.92 Å². The maximum Gasteiger partial charge on any atom is 0.0617 e. The van der Waals surface area contributed by atoms with Gasteiger partial charge in [0, 0.05) is 39.3 Å². The van der Waals surface area contributed by atoms with E-state index in [0.717, 1.165) is 19.7 Å². The molecule has 0 aromatic rings. The quantitative estimate of drug-likeness (QED) is 0.661. The highest BCUT2D eigenvalue weighted by atomic mass is 16.5. The molecular formula is C9H20N2O. The van der Waals surface area contributed by atoms with Crippen molar-refractivity contribution in [1.29, 1.82) is 0 Å². The van der Waals surface area contributed by atoms with Crippen LogP contribution in [-0.2, 0) is 4.74 Å². The molecular weight excluding hydrogens is 152 g/mol. The van der Waals surface area contributed by atoms with Gasteiger partial charge in [0.15, 0.2) is 0 Å². The van der Waals surface area contributed by atoms with Crippen LogP contribution in [-0.4, -0.2) is 50.8 Å². The number of ether oxygens (including phenoxy) is 1. The molecule has 12 heavy (non-hydrogen) atoms. The summed E-state index contributed by atoms with van der Waals surface area (Å²) in [4.78, 5) is 2.51. The summed E-state index contributed by atoms with van der Waals surface area (Å²) in [6, 6.07) is 0.622. The lowest BCUT2D eigenvalue weighted by molar-refractivity contribution is 0.0793. The summed E-state index contributed by atoms with van der Waals surface area (Å²) in [6.45, 7) is 7.69. The minimum Gasteiger partial charge on any atom is -0.383 e. The van der Waals surface area contributed by atoms with Gasteiger partial charge in [-0.3, -0.25) is 4.90 Å². The van der Waals surface area contributed by atoms with E-state index in [9.17, 15) is 0 Å². The smallest absolute Gasteiger partial charge is 0.0617 e. The fourth-order valence-corrected chi connectivity index (χ4v) is 1.72. The largest absolute Gasteiger partial charge is 0.383 e. The van der Waals surface area contributed by atoms with Crippen LogP contribution in [0.15, 0.2) is 0 Å². The zero-order valence-corrected chi connectivity index (χ0v) is 8.18. The Morgan fingerprint density at radius 1 is 1.42 bits per heavy atom. The Labute approximate surface area is 75.1 Å². The molecule has 0 bridgehead atoms. The van der Waals surface area contributed by atoms with Crippen LogP contribution < -0.4 is 5.32 Å². The lowest BCUT2D eigenvalue weighted by Crippen LogP contribution is -2.49. The third-order valence-electron chi connectivity index (χ3n) is 2.50. The molecule has 1 fully saturated rings. The molecule has 1 atom stereocenters. The molecule has 0 aromatic heterocycles. The Bertz CT molecular complexity index is 110. The molecule has 1 N–H and O–H groups in total. The van der Waals surface area contributed by atoms with Crippen molar-refractivity contribution in [2.45, 2.75) is 19.4 Å². The molecule has 1 saturated heterocycles. The molecule has 0 spiro atoms. The normalized spacial score (nSPS) is 22.5. The topological polar surface area (TPSA) is 24.5 Å². The van der Waals surface area contributed by atoms with Crippen LogP contribution in [0.3, 0.4) is 0 Å². The molecule has 1 aliphatic heterocycles. The number of rotatable bonds is 4. The fourth-order valence-electron chi connectivity index (χ4n) is 1.72. The molecule has 0 saturated carbocycles. The van der Waals surface area contributed by atoms with Gasteiger partial charge >= 0.3 is 0 Å². The van der Waals surface area contributed by atoms with Crippen molar-refractivity contribution < 1.29 is 4.74 Å². The number of methoxy groups -OCH3 is 1.